The molecule has 0 spiro atoms. The summed E-state index contributed by atoms with van der Waals surface area (Å²) < 4.78 is 0. The lowest BCUT2D eigenvalue weighted by Gasteiger charge is -2.24. The zero-order valence-electron chi connectivity index (χ0n) is 8.16. The predicted molar refractivity (Wildman–Crippen MR) is 55.8 cm³/mol. The Hall–Kier alpha value is -1.33. The van der Waals surface area contributed by atoms with E-state index in [1.54, 1.807) is 0 Å². The average molecular weight is 186 g/mol. The topological polar surface area (TPSA) is 35.8 Å². The Bertz CT molecular complexity index is 346. The van der Waals surface area contributed by atoms with Gasteiger partial charge in [0, 0.05) is 6.04 Å². The van der Waals surface area contributed by atoms with Gasteiger partial charge < -0.3 is 5.32 Å². The normalized spacial score (nSPS) is 21.5. The molecule has 2 heteroatoms. The standard InChI is InChI=1S/C12H14N2/c13-9-10-5-1-2-6-11(10)12-7-3-4-8-14-12/h1-2,5-6,12,14H,3-4,7-8H2. The summed E-state index contributed by atoms with van der Waals surface area (Å²) in [5.74, 6) is 0. The summed E-state index contributed by atoms with van der Waals surface area (Å²) in [4.78, 5) is 0. The summed E-state index contributed by atoms with van der Waals surface area (Å²) in [5.41, 5.74) is 1.97. The van der Waals surface area contributed by atoms with Gasteiger partial charge >= 0.3 is 0 Å². The van der Waals surface area contributed by atoms with Crippen LogP contribution in [0, 0.1) is 11.3 Å². The molecule has 1 heterocycles. The average Bonchev–Trinajstić information content (AvgIpc) is 2.30. The van der Waals surface area contributed by atoms with Gasteiger partial charge in [0.1, 0.15) is 0 Å². The molecule has 1 aliphatic heterocycles. The van der Waals surface area contributed by atoms with E-state index in [4.69, 9.17) is 5.26 Å². The van der Waals surface area contributed by atoms with Crippen LogP contribution in [0.15, 0.2) is 24.3 Å². The Kier molecular flexibility index (Phi) is 2.81. The van der Waals surface area contributed by atoms with Gasteiger partial charge in [-0.05, 0) is 31.0 Å². The Balaban J connectivity index is 2.26. The molecule has 0 bridgehead atoms. The van der Waals surface area contributed by atoms with Gasteiger partial charge in [-0.25, -0.2) is 0 Å². The van der Waals surface area contributed by atoms with Crippen LogP contribution in [0.25, 0.3) is 0 Å². The summed E-state index contributed by atoms with van der Waals surface area (Å²) in [5, 5.41) is 12.4. The van der Waals surface area contributed by atoms with Crippen molar-refractivity contribution in [2.24, 2.45) is 0 Å². The van der Waals surface area contributed by atoms with E-state index in [1.165, 1.54) is 12.8 Å². The van der Waals surface area contributed by atoms with Gasteiger partial charge in [-0.1, -0.05) is 24.6 Å². The highest BCUT2D eigenvalue weighted by atomic mass is 14.9. The van der Waals surface area contributed by atoms with Gasteiger partial charge in [0.2, 0.25) is 0 Å². The monoisotopic (exact) mass is 186 g/mol. The molecule has 2 nitrogen and oxygen atoms in total. The molecule has 1 N–H and O–H groups in total. The predicted octanol–water partition coefficient (Wildman–Crippen LogP) is 2.37. The van der Waals surface area contributed by atoms with Crippen LogP contribution in [0.5, 0.6) is 0 Å². The van der Waals surface area contributed by atoms with Gasteiger partial charge in [-0.2, -0.15) is 5.26 Å². The van der Waals surface area contributed by atoms with Crippen LogP contribution < -0.4 is 5.32 Å². The summed E-state index contributed by atoms with van der Waals surface area (Å²) >= 11 is 0. The van der Waals surface area contributed by atoms with Crippen molar-refractivity contribution >= 4 is 0 Å². The third-order valence-corrected chi connectivity index (χ3v) is 2.77. The highest BCUT2D eigenvalue weighted by Crippen LogP contribution is 2.25. The molecule has 1 fully saturated rings. The lowest BCUT2D eigenvalue weighted by molar-refractivity contribution is 0.412. The minimum absolute atomic E-state index is 0.389. The summed E-state index contributed by atoms with van der Waals surface area (Å²) in [6.45, 7) is 1.07. The first-order valence-electron chi connectivity index (χ1n) is 5.14. The highest BCUT2D eigenvalue weighted by molar-refractivity contribution is 5.39. The Morgan fingerprint density at radius 3 is 2.86 bits per heavy atom. The maximum atomic E-state index is 8.97. The lowest BCUT2D eigenvalue weighted by Crippen LogP contribution is -2.27. The molecular formula is C12H14N2. The molecule has 1 aromatic carbocycles. The number of hydrogen-bond donors (Lipinski definition) is 1. The largest absolute Gasteiger partial charge is 0.310 e. The third kappa shape index (κ3) is 1.78. The summed E-state index contributed by atoms with van der Waals surface area (Å²) in [6, 6.07) is 10.5. The van der Waals surface area contributed by atoms with Crippen molar-refractivity contribution in [3.63, 3.8) is 0 Å². The van der Waals surface area contributed by atoms with E-state index in [2.05, 4.69) is 17.5 Å². The van der Waals surface area contributed by atoms with E-state index in [9.17, 15) is 0 Å². The fraction of sp³-hybridized carbons (Fsp3) is 0.417. The van der Waals surface area contributed by atoms with E-state index in [0.29, 0.717) is 6.04 Å². The molecule has 2 rings (SSSR count). The van der Waals surface area contributed by atoms with Crippen LogP contribution in [0.1, 0.15) is 36.4 Å². The van der Waals surface area contributed by atoms with Gasteiger partial charge in [0.05, 0.1) is 11.6 Å². The van der Waals surface area contributed by atoms with E-state index >= 15 is 0 Å². The molecule has 1 aromatic rings. The molecule has 0 radical (unpaired) electrons. The Morgan fingerprint density at radius 2 is 2.14 bits per heavy atom. The van der Waals surface area contributed by atoms with Crippen LogP contribution in [0.3, 0.4) is 0 Å². The van der Waals surface area contributed by atoms with Crippen LogP contribution in [0.4, 0.5) is 0 Å². The zero-order valence-corrected chi connectivity index (χ0v) is 8.16. The van der Waals surface area contributed by atoms with Crippen molar-refractivity contribution in [2.45, 2.75) is 25.3 Å². The maximum Gasteiger partial charge on any atom is 0.0995 e. The molecule has 1 unspecified atom stereocenters. The smallest absolute Gasteiger partial charge is 0.0995 e. The summed E-state index contributed by atoms with van der Waals surface area (Å²) in [7, 11) is 0. The molecule has 1 atom stereocenters. The van der Waals surface area contributed by atoms with E-state index in [1.807, 2.05) is 18.2 Å². The van der Waals surface area contributed by atoms with Crippen molar-refractivity contribution in [2.75, 3.05) is 6.54 Å². The number of nitrogens with one attached hydrogen (secondary N) is 1. The number of nitrogens with zero attached hydrogens (tertiary/aromatic N) is 1. The van der Waals surface area contributed by atoms with Crippen molar-refractivity contribution in [1.82, 2.24) is 5.32 Å². The molecule has 0 saturated carbocycles. The van der Waals surface area contributed by atoms with E-state index in [0.717, 1.165) is 24.1 Å². The SMILES string of the molecule is N#Cc1ccccc1C1CCCCN1. The molecule has 1 aliphatic rings. The minimum atomic E-state index is 0.389. The zero-order chi connectivity index (χ0) is 9.80. The number of piperidine rings is 1. The first-order valence-corrected chi connectivity index (χ1v) is 5.14. The van der Waals surface area contributed by atoms with Crippen molar-refractivity contribution < 1.29 is 0 Å². The molecular weight excluding hydrogens is 172 g/mol. The fourth-order valence-electron chi connectivity index (χ4n) is 2.02. The number of nitriles is 1. The quantitative estimate of drug-likeness (QED) is 0.731. The molecule has 72 valence electrons. The molecule has 0 aromatic heterocycles. The second-order valence-corrected chi connectivity index (χ2v) is 3.70. The first-order chi connectivity index (χ1) is 6.92. The van der Waals surface area contributed by atoms with Gasteiger partial charge in [-0.15, -0.1) is 0 Å². The van der Waals surface area contributed by atoms with Crippen LogP contribution >= 0.6 is 0 Å². The second kappa shape index (κ2) is 4.26. The number of hydrogen-bond acceptors (Lipinski definition) is 2. The fourth-order valence-corrected chi connectivity index (χ4v) is 2.02. The Morgan fingerprint density at radius 1 is 1.29 bits per heavy atom. The minimum Gasteiger partial charge on any atom is -0.310 e. The van der Waals surface area contributed by atoms with E-state index < -0.39 is 0 Å². The highest BCUT2D eigenvalue weighted by Gasteiger charge is 2.16. The molecule has 0 aliphatic carbocycles. The van der Waals surface area contributed by atoms with Crippen molar-refractivity contribution in [3.05, 3.63) is 35.4 Å². The third-order valence-electron chi connectivity index (χ3n) is 2.77. The van der Waals surface area contributed by atoms with E-state index in [-0.39, 0.29) is 0 Å². The number of rotatable bonds is 1. The van der Waals surface area contributed by atoms with Gasteiger partial charge in [0.25, 0.3) is 0 Å². The maximum absolute atomic E-state index is 8.97. The van der Waals surface area contributed by atoms with Crippen molar-refractivity contribution in [1.29, 1.82) is 5.26 Å². The second-order valence-electron chi connectivity index (χ2n) is 3.70. The molecule has 14 heavy (non-hydrogen) atoms. The lowest BCUT2D eigenvalue weighted by atomic mass is 9.94. The summed E-state index contributed by atoms with van der Waals surface area (Å²) in [6.07, 6.45) is 3.67. The molecule has 0 amide bonds. The van der Waals surface area contributed by atoms with Crippen LogP contribution in [-0.4, -0.2) is 6.54 Å². The number of benzene rings is 1. The van der Waals surface area contributed by atoms with Gasteiger partial charge in [-0.3, -0.25) is 0 Å². The Labute approximate surface area is 84.6 Å². The van der Waals surface area contributed by atoms with Crippen LogP contribution in [0.2, 0.25) is 0 Å². The van der Waals surface area contributed by atoms with Crippen LogP contribution in [-0.2, 0) is 0 Å². The van der Waals surface area contributed by atoms with Crippen molar-refractivity contribution in [3.8, 4) is 6.07 Å². The molecule has 1 saturated heterocycles. The first kappa shape index (κ1) is 9.23. The van der Waals surface area contributed by atoms with Gasteiger partial charge in [0.15, 0.2) is 0 Å².